The third kappa shape index (κ3) is 5.07. The van der Waals surface area contributed by atoms with Crippen LogP contribution in [0.5, 0.6) is 11.5 Å². The van der Waals surface area contributed by atoms with Gasteiger partial charge in [-0.2, -0.15) is 5.10 Å². The largest absolute Gasteiger partial charge is 0.493 e. The summed E-state index contributed by atoms with van der Waals surface area (Å²) in [4.78, 5) is 12.6. The second-order valence-electron chi connectivity index (χ2n) is 6.56. The van der Waals surface area contributed by atoms with Crippen LogP contribution in [0.1, 0.15) is 11.1 Å². The second-order valence-corrected chi connectivity index (χ2v) is 6.95. The summed E-state index contributed by atoms with van der Waals surface area (Å²) < 4.78 is 12.8. The van der Waals surface area contributed by atoms with Gasteiger partial charge in [-0.1, -0.05) is 41.8 Å². The van der Waals surface area contributed by atoms with Crippen molar-refractivity contribution in [3.8, 4) is 35.2 Å². The second kappa shape index (κ2) is 9.76. The molecule has 3 rings (SSSR count). The number of rotatable bonds is 8. The highest BCUT2D eigenvalue weighted by Crippen LogP contribution is 2.28. The van der Waals surface area contributed by atoms with Crippen molar-refractivity contribution in [2.24, 2.45) is 0 Å². The smallest absolute Gasteiger partial charge is 0.240 e. The molecule has 154 valence electrons. The van der Waals surface area contributed by atoms with Crippen molar-refractivity contribution >= 4 is 18.1 Å². The number of ether oxygens (including phenoxy) is 2. The van der Waals surface area contributed by atoms with Crippen molar-refractivity contribution in [1.82, 2.24) is 20.1 Å². The molecule has 30 heavy (non-hydrogen) atoms. The van der Waals surface area contributed by atoms with Crippen LogP contribution in [-0.4, -0.2) is 34.4 Å². The lowest BCUT2D eigenvalue weighted by atomic mass is 10.1. The number of hydrogen-bond acceptors (Lipinski definition) is 5. The van der Waals surface area contributed by atoms with Gasteiger partial charge in [0, 0.05) is 12.1 Å². The molecule has 0 aliphatic heterocycles. The molecule has 0 saturated heterocycles. The van der Waals surface area contributed by atoms with E-state index in [4.69, 9.17) is 28.1 Å². The monoisotopic (exact) mass is 422 g/mol. The lowest BCUT2D eigenvalue weighted by Crippen LogP contribution is -2.27. The number of H-pyrrole nitrogens is 1. The molecule has 1 amide bonds. The molecule has 8 heteroatoms. The number of benzene rings is 2. The summed E-state index contributed by atoms with van der Waals surface area (Å²) in [6.07, 6.45) is 5.25. The maximum atomic E-state index is 12.6. The predicted octanol–water partition coefficient (Wildman–Crippen LogP) is 3.25. The van der Waals surface area contributed by atoms with E-state index >= 15 is 0 Å². The fourth-order valence-electron chi connectivity index (χ4n) is 2.85. The molecule has 0 atom stereocenters. The Balaban J connectivity index is 1.69. The Morgan fingerprint density at radius 2 is 2.03 bits per heavy atom. The summed E-state index contributed by atoms with van der Waals surface area (Å²) in [6.45, 7) is 2.51. The van der Waals surface area contributed by atoms with E-state index in [1.165, 1.54) is 0 Å². The minimum absolute atomic E-state index is 0.0507. The van der Waals surface area contributed by atoms with Gasteiger partial charge >= 0.3 is 0 Å². The summed E-state index contributed by atoms with van der Waals surface area (Å²) in [5.74, 6) is 3.95. The van der Waals surface area contributed by atoms with Crippen LogP contribution >= 0.6 is 12.2 Å². The third-order valence-electron chi connectivity index (χ3n) is 4.40. The number of methoxy groups -OCH3 is 1. The highest BCUT2D eigenvalue weighted by atomic mass is 32.1. The van der Waals surface area contributed by atoms with Crippen molar-refractivity contribution in [3.05, 3.63) is 58.4 Å². The van der Waals surface area contributed by atoms with Gasteiger partial charge in [0.2, 0.25) is 5.91 Å². The first kappa shape index (κ1) is 21.1. The Morgan fingerprint density at radius 3 is 2.73 bits per heavy atom. The molecular formula is C22H22N4O3S. The van der Waals surface area contributed by atoms with Gasteiger partial charge in [-0.3, -0.25) is 14.5 Å². The Bertz CT molecular complexity index is 1130. The van der Waals surface area contributed by atoms with Crippen LogP contribution in [0, 0.1) is 24.0 Å². The van der Waals surface area contributed by atoms with Crippen molar-refractivity contribution < 1.29 is 14.3 Å². The Hall–Kier alpha value is -3.57. The average Bonchev–Trinajstić information content (AvgIpc) is 3.11. The first-order chi connectivity index (χ1) is 14.5. The summed E-state index contributed by atoms with van der Waals surface area (Å²) in [6, 6.07) is 13.3. The number of aryl methyl sites for hydroxylation is 1. The van der Waals surface area contributed by atoms with Gasteiger partial charge in [0.25, 0.3) is 0 Å². The first-order valence-corrected chi connectivity index (χ1v) is 9.64. The van der Waals surface area contributed by atoms with E-state index in [0.717, 1.165) is 16.7 Å². The molecule has 0 unspecified atom stereocenters. The number of aromatic nitrogens is 3. The molecule has 2 aromatic carbocycles. The summed E-state index contributed by atoms with van der Waals surface area (Å²) in [5.41, 5.74) is 2.87. The Morgan fingerprint density at radius 1 is 1.27 bits per heavy atom. The van der Waals surface area contributed by atoms with Crippen molar-refractivity contribution in [1.29, 1.82) is 0 Å². The van der Waals surface area contributed by atoms with Crippen LogP contribution in [0.2, 0.25) is 0 Å². The van der Waals surface area contributed by atoms with Crippen LogP contribution < -0.4 is 14.8 Å². The van der Waals surface area contributed by atoms with E-state index in [-0.39, 0.29) is 19.1 Å². The molecule has 0 saturated carbocycles. The first-order valence-electron chi connectivity index (χ1n) is 9.24. The predicted molar refractivity (Wildman–Crippen MR) is 117 cm³/mol. The highest BCUT2D eigenvalue weighted by molar-refractivity contribution is 7.71. The van der Waals surface area contributed by atoms with Gasteiger partial charge in [0.15, 0.2) is 22.1 Å². The topological polar surface area (TPSA) is 81.2 Å². The van der Waals surface area contributed by atoms with Gasteiger partial charge in [0.1, 0.15) is 13.2 Å². The van der Waals surface area contributed by atoms with Gasteiger partial charge in [-0.05, 0) is 36.8 Å². The van der Waals surface area contributed by atoms with Gasteiger partial charge < -0.3 is 14.8 Å². The third-order valence-corrected chi connectivity index (χ3v) is 4.71. The zero-order chi connectivity index (χ0) is 21.5. The molecule has 1 heterocycles. The molecule has 0 bridgehead atoms. The minimum Gasteiger partial charge on any atom is -0.493 e. The van der Waals surface area contributed by atoms with E-state index in [2.05, 4.69) is 21.4 Å². The van der Waals surface area contributed by atoms with Gasteiger partial charge in [0.05, 0.1) is 7.11 Å². The number of terminal acetylenes is 1. The molecule has 7 nitrogen and oxygen atoms in total. The van der Waals surface area contributed by atoms with Crippen molar-refractivity contribution in [3.63, 3.8) is 0 Å². The lowest BCUT2D eigenvalue weighted by Gasteiger charge is -2.12. The Kier molecular flexibility index (Phi) is 6.88. The number of nitrogens with one attached hydrogen (secondary N) is 2. The highest BCUT2D eigenvalue weighted by Gasteiger charge is 2.13. The molecule has 0 aliphatic rings. The number of nitrogens with zero attached hydrogens (tertiary/aromatic N) is 2. The van der Waals surface area contributed by atoms with Crippen molar-refractivity contribution in [2.45, 2.75) is 20.0 Å². The summed E-state index contributed by atoms with van der Waals surface area (Å²) in [7, 11) is 1.56. The van der Waals surface area contributed by atoms with Crippen LogP contribution in [0.25, 0.3) is 11.4 Å². The van der Waals surface area contributed by atoms with E-state index in [1.807, 2.05) is 37.3 Å². The minimum atomic E-state index is -0.192. The maximum Gasteiger partial charge on any atom is 0.240 e. The number of amides is 1. The number of hydrogen-bond donors (Lipinski definition) is 2. The molecule has 1 aromatic heterocycles. The van der Waals surface area contributed by atoms with Crippen LogP contribution in [0.4, 0.5) is 0 Å². The van der Waals surface area contributed by atoms with Gasteiger partial charge in [-0.15, -0.1) is 6.42 Å². The summed E-state index contributed by atoms with van der Waals surface area (Å²) >= 11 is 5.30. The quantitative estimate of drug-likeness (QED) is 0.430. The van der Waals surface area contributed by atoms with Crippen LogP contribution in [0.3, 0.4) is 0 Å². The molecule has 3 aromatic rings. The molecule has 0 spiro atoms. The van der Waals surface area contributed by atoms with Gasteiger partial charge in [-0.25, -0.2) is 0 Å². The average molecular weight is 423 g/mol. The molecule has 0 radical (unpaired) electrons. The maximum absolute atomic E-state index is 12.6. The standard InChI is InChI=1S/C22H22N4O3S/c1-4-11-29-19-12-16(7-10-18(19)28-3)13-23-20(27)14-26-21(24-25-22(26)30)17-8-5-15(2)6-9-17/h1,5-10,12H,11,13-14H2,2-3H3,(H,23,27)(H,25,30). The van der Waals surface area contributed by atoms with E-state index < -0.39 is 0 Å². The molecule has 0 fully saturated rings. The van der Waals surface area contributed by atoms with E-state index in [0.29, 0.717) is 28.6 Å². The van der Waals surface area contributed by atoms with Crippen LogP contribution in [0.15, 0.2) is 42.5 Å². The number of carbonyl (C=O) groups is 1. The normalized spacial score (nSPS) is 10.3. The SMILES string of the molecule is C#CCOc1cc(CNC(=O)Cn2c(-c3ccc(C)cc3)n[nH]c2=S)ccc1OC. The molecule has 0 aliphatic carbocycles. The Labute approximate surface area is 180 Å². The fraction of sp³-hybridized carbons (Fsp3) is 0.227. The van der Waals surface area contributed by atoms with E-state index in [9.17, 15) is 4.79 Å². The summed E-state index contributed by atoms with van der Waals surface area (Å²) in [5, 5.41) is 9.91. The molecule has 2 N–H and O–H groups in total. The van der Waals surface area contributed by atoms with Crippen LogP contribution in [-0.2, 0) is 17.9 Å². The number of aromatic amines is 1. The molecular weight excluding hydrogens is 400 g/mol. The van der Waals surface area contributed by atoms with E-state index in [1.54, 1.807) is 23.8 Å². The van der Waals surface area contributed by atoms with Crippen molar-refractivity contribution in [2.75, 3.05) is 13.7 Å². The number of carbonyl (C=O) groups excluding carboxylic acids is 1. The zero-order valence-corrected chi connectivity index (χ0v) is 17.6. The fourth-order valence-corrected chi connectivity index (χ4v) is 3.05. The zero-order valence-electron chi connectivity index (χ0n) is 16.8. The lowest BCUT2D eigenvalue weighted by molar-refractivity contribution is -0.121.